The first kappa shape index (κ1) is 17.4. The van der Waals surface area contributed by atoms with Crippen LogP contribution in [0.1, 0.15) is 24.0 Å². The minimum Gasteiger partial charge on any atom is -0.508 e. The van der Waals surface area contributed by atoms with Crippen molar-refractivity contribution in [2.45, 2.75) is 24.7 Å². The van der Waals surface area contributed by atoms with Crippen molar-refractivity contribution in [1.29, 1.82) is 0 Å². The highest BCUT2D eigenvalue weighted by Crippen LogP contribution is 2.52. The van der Waals surface area contributed by atoms with E-state index in [1.807, 2.05) is 42.5 Å². The van der Waals surface area contributed by atoms with E-state index in [1.165, 1.54) is 0 Å². The van der Waals surface area contributed by atoms with E-state index in [1.54, 1.807) is 18.2 Å². The lowest BCUT2D eigenvalue weighted by Crippen LogP contribution is -2.28. The topological polar surface area (TPSA) is 55.8 Å². The average molecular weight is 362 g/mol. The summed E-state index contributed by atoms with van der Waals surface area (Å²) in [4.78, 5) is 13.5. The molecule has 0 bridgehead atoms. The van der Waals surface area contributed by atoms with Crippen LogP contribution in [0.15, 0.2) is 67.3 Å². The molecule has 4 heteroatoms. The first-order chi connectivity index (χ1) is 13.1. The Labute approximate surface area is 158 Å². The summed E-state index contributed by atoms with van der Waals surface area (Å²) in [6.07, 6.45) is 7.74. The van der Waals surface area contributed by atoms with Crippen LogP contribution in [0.3, 0.4) is 0 Å². The molecule has 1 N–H and O–H groups in total. The first-order valence-corrected chi connectivity index (χ1v) is 9.14. The largest absolute Gasteiger partial charge is 0.508 e. The molecule has 138 valence electrons. The highest BCUT2D eigenvalue weighted by molar-refractivity contribution is 5.96. The Morgan fingerprint density at radius 2 is 1.89 bits per heavy atom. The van der Waals surface area contributed by atoms with Crippen LogP contribution in [0.2, 0.25) is 0 Å². The van der Waals surface area contributed by atoms with Crippen molar-refractivity contribution in [3.63, 3.8) is 0 Å². The smallest absolute Gasteiger partial charge is 0.231 e. The fourth-order valence-corrected chi connectivity index (χ4v) is 3.70. The van der Waals surface area contributed by atoms with Crippen LogP contribution in [0.5, 0.6) is 17.2 Å². The van der Waals surface area contributed by atoms with Crippen LogP contribution in [0, 0.1) is 5.92 Å². The maximum atomic E-state index is 13.5. The quantitative estimate of drug-likeness (QED) is 0.745. The molecule has 1 aliphatic heterocycles. The van der Waals surface area contributed by atoms with Gasteiger partial charge in [0.05, 0.1) is 5.41 Å². The summed E-state index contributed by atoms with van der Waals surface area (Å²) in [7, 11) is 0. The minimum absolute atomic E-state index is 0.215. The van der Waals surface area contributed by atoms with Crippen molar-refractivity contribution in [1.82, 2.24) is 0 Å². The Balaban J connectivity index is 1.61. The first-order valence-electron chi connectivity index (χ1n) is 9.14. The molecule has 2 aromatic rings. The number of carbonyl (C=O) groups excluding carboxylic acids is 1. The van der Waals surface area contributed by atoms with Crippen LogP contribution in [-0.2, 0) is 16.6 Å². The number of Topliss-reactive ketones (excluding diaryl/α,β-unsaturated/α-hetero) is 1. The van der Waals surface area contributed by atoms with Gasteiger partial charge in [0.1, 0.15) is 5.75 Å². The fourth-order valence-electron chi connectivity index (χ4n) is 3.70. The number of aromatic hydroxyl groups is 1. The maximum Gasteiger partial charge on any atom is 0.231 e. The van der Waals surface area contributed by atoms with Crippen molar-refractivity contribution < 1.29 is 19.4 Å². The molecule has 4 nitrogen and oxygen atoms in total. The number of phenols is 1. The Morgan fingerprint density at radius 1 is 1.15 bits per heavy atom. The van der Waals surface area contributed by atoms with Crippen LogP contribution < -0.4 is 9.47 Å². The lowest BCUT2D eigenvalue weighted by molar-refractivity contribution is -0.124. The predicted octanol–water partition coefficient (Wildman–Crippen LogP) is 4.32. The second kappa shape index (κ2) is 6.95. The molecule has 0 amide bonds. The van der Waals surface area contributed by atoms with E-state index in [0.29, 0.717) is 12.2 Å². The zero-order chi connectivity index (χ0) is 18.9. The van der Waals surface area contributed by atoms with Gasteiger partial charge in [0.2, 0.25) is 6.79 Å². The molecule has 0 radical (unpaired) electrons. The summed E-state index contributed by atoms with van der Waals surface area (Å²) in [6.45, 7) is 3.95. The number of hydrogen-bond acceptors (Lipinski definition) is 4. The molecule has 0 aromatic heterocycles. The lowest BCUT2D eigenvalue weighted by atomic mass is 9.81. The third kappa shape index (κ3) is 3.35. The van der Waals surface area contributed by atoms with Crippen molar-refractivity contribution in [2.75, 3.05) is 6.79 Å². The Morgan fingerprint density at radius 3 is 2.59 bits per heavy atom. The molecule has 1 heterocycles. The van der Waals surface area contributed by atoms with Crippen LogP contribution >= 0.6 is 0 Å². The third-order valence-corrected chi connectivity index (χ3v) is 5.36. The van der Waals surface area contributed by atoms with Gasteiger partial charge in [-0.1, -0.05) is 43.0 Å². The van der Waals surface area contributed by atoms with E-state index >= 15 is 0 Å². The molecular formula is C23H22O4. The normalized spacial score (nSPS) is 17.6. The maximum absolute atomic E-state index is 13.5. The number of fused-ring (bicyclic) bond motifs is 1. The van der Waals surface area contributed by atoms with Gasteiger partial charge in [0.25, 0.3) is 0 Å². The van der Waals surface area contributed by atoms with Gasteiger partial charge in [0, 0.05) is 5.92 Å². The molecule has 4 rings (SSSR count). The number of allylic oxidation sites excluding steroid dienone is 3. The molecule has 1 unspecified atom stereocenters. The standard InChI is InChI=1S/C23H22O4/c1-2-3-4-17(13-16-5-8-19(24)9-6-16)22(25)23(11-12-23)18-7-10-20-21(14-18)27-15-26-20/h2-10,14,17,24H,1,11-13,15H2/b4-3-. The summed E-state index contributed by atoms with van der Waals surface area (Å²) in [5.41, 5.74) is 1.56. The van der Waals surface area contributed by atoms with Gasteiger partial charge in [-0.25, -0.2) is 0 Å². The second-order valence-electron chi connectivity index (χ2n) is 7.11. The molecule has 27 heavy (non-hydrogen) atoms. The highest BCUT2D eigenvalue weighted by atomic mass is 16.7. The summed E-state index contributed by atoms with van der Waals surface area (Å²) in [6, 6.07) is 12.8. The number of benzene rings is 2. The molecular weight excluding hydrogens is 340 g/mol. The number of carbonyl (C=O) groups is 1. The SMILES string of the molecule is C=C/C=C\C(Cc1ccc(O)cc1)C(=O)C1(c2ccc3c(c2)OCO3)CC1. The summed E-state index contributed by atoms with van der Waals surface area (Å²) in [5.74, 6) is 1.63. The number of hydrogen-bond donors (Lipinski definition) is 1. The van der Waals surface area contributed by atoms with Crippen LogP contribution in [-0.4, -0.2) is 17.7 Å². The van der Waals surface area contributed by atoms with Gasteiger partial charge in [-0.15, -0.1) is 0 Å². The van der Waals surface area contributed by atoms with Crippen molar-refractivity contribution in [2.24, 2.45) is 5.92 Å². The van der Waals surface area contributed by atoms with Gasteiger partial charge >= 0.3 is 0 Å². The molecule has 2 aromatic carbocycles. The fraction of sp³-hybridized carbons (Fsp3) is 0.261. The van der Waals surface area contributed by atoms with E-state index in [-0.39, 0.29) is 24.2 Å². The molecule has 1 aliphatic carbocycles. The summed E-state index contributed by atoms with van der Waals surface area (Å²) >= 11 is 0. The van der Waals surface area contributed by atoms with Crippen LogP contribution in [0.4, 0.5) is 0 Å². The summed E-state index contributed by atoms with van der Waals surface area (Å²) < 4.78 is 10.9. The molecule has 1 fully saturated rings. The lowest BCUT2D eigenvalue weighted by Gasteiger charge is -2.21. The van der Waals surface area contributed by atoms with E-state index in [4.69, 9.17) is 9.47 Å². The van der Waals surface area contributed by atoms with Crippen molar-refractivity contribution in [3.05, 3.63) is 78.4 Å². The van der Waals surface area contributed by atoms with Gasteiger partial charge in [-0.3, -0.25) is 4.79 Å². The van der Waals surface area contributed by atoms with E-state index in [0.717, 1.165) is 29.7 Å². The van der Waals surface area contributed by atoms with E-state index < -0.39 is 5.41 Å². The minimum atomic E-state index is -0.450. The molecule has 0 spiro atoms. The number of phenolic OH excluding ortho intramolecular Hbond substituents is 1. The van der Waals surface area contributed by atoms with E-state index in [2.05, 4.69) is 6.58 Å². The zero-order valence-electron chi connectivity index (χ0n) is 15.1. The van der Waals surface area contributed by atoms with Crippen molar-refractivity contribution in [3.8, 4) is 17.2 Å². The van der Waals surface area contributed by atoms with Gasteiger partial charge in [0.15, 0.2) is 17.3 Å². The Hall–Kier alpha value is -3.01. The van der Waals surface area contributed by atoms with Gasteiger partial charge in [-0.05, 0) is 54.7 Å². The predicted molar refractivity (Wildman–Crippen MR) is 103 cm³/mol. The Kier molecular flexibility index (Phi) is 4.48. The molecule has 2 aliphatic rings. The Bertz CT molecular complexity index is 891. The number of rotatable bonds is 7. The number of ether oxygens (including phenoxy) is 2. The average Bonchev–Trinajstić information content (AvgIpc) is 3.36. The van der Waals surface area contributed by atoms with E-state index in [9.17, 15) is 9.90 Å². The second-order valence-corrected chi connectivity index (χ2v) is 7.11. The van der Waals surface area contributed by atoms with Gasteiger partial charge in [-0.2, -0.15) is 0 Å². The van der Waals surface area contributed by atoms with Crippen LogP contribution in [0.25, 0.3) is 0 Å². The molecule has 1 saturated carbocycles. The zero-order valence-corrected chi connectivity index (χ0v) is 15.1. The van der Waals surface area contributed by atoms with Gasteiger partial charge < -0.3 is 14.6 Å². The summed E-state index contributed by atoms with van der Waals surface area (Å²) in [5, 5.41) is 9.49. The molecule has 0 saturated heterocycles. The number of ketones is 1. The highest BCUT2D eigenvalue weighted by Gasteiger charge is 2.52. The molecule has 1 atom stereocenters. The van der Waals surface area contributed by atoms with Crippen molar-refractivity contribution >= 4 is 5.78 Å². The third-order valence-electron chi connectivity index (χ3n) is 5.36. The monoisotopic (exact) mass is 362 g/mol.